The quantitative estimate of drug-likeness (QED) is 0.777. The highest BCUT2D eigenvalue weighted by atomic mass is 32.2. The SMILES string of the molecule is CC(C)N(CCOc1cccc(S(C)(=O)=O)c1)C1CCC1. The summed E-state index contributed by atoms with van der Waals surface area (Å²) < 4.78 is 28.8. The molecule has 4 nitrogen and oxygen atoms in total. The highest BCUT2D eigenvalue weighted by Crippen LogP contribution is 2.26. The number of hydrogen-bond donors (Lipinski definition) is 0. The lowest BCUT2D eigenvalue weighted by molar-refractivity contribution is 0.0777. The Morgan fingerprint density at radius 1 is 1.33 bits per heavy atom. The molecule has 0 spiro atoms. The molecule has 0 radical (unpaired) electrons. The van der Waals surface area contributed by atoms with Gasteiger partial charge in [0.05, 0.1) is 4.90 Å². The van der Waals surface area contributed by atoms with E-state index in [9.17, 15) is 8.42 Å². The zero-order chi connectivity index (χ0) is 15.5. The third-order valence-electron chi connectivity index (χ3n) is 4.06. The molecule has 2 rings (SSSR count). The van der Waals surface area contributed by atoms with Crippen molar-refractivity contribution in [3.63, 3.8) is 0 Å². The van der Waals surface area contributed by atoms with Gasteiger partial charge in [-0.3, -0.25) is 4.90 Å². The minimum atomic E-state index is -3.18. The van der Waals surface area contributed by atoms with Crippen molar-refractivity contribution < 1.29 is 13.2 Å². The van der Waals surface area contributed by atoms with Crippen molar-refractivity contribution in [3.05, 3.63) is 24.3 Å². The van der Waals surface area contributed by atoms with E-state index >= 15 is 0 Å². The minimum Gasteiger partial charge on any atom is -0.492 e. The fraction of sp³-hybridized carbons (Fsp3) is 0.625. The van der Waals surface area contributed by atoms with Crippen molar-refractivity contribution in [2.45, 2.75) is 50.1 Å². The number of ether oxygens (including phenoxy) is 1. The lowest BCUT2D eigenvalue weighted by atomic mass is 9.90. The molecule has 1 aliphatic carbocycles. The van der Waals surface area contributed by atoms with E-state index in [2.05, 4.69) is 18.7 Å². The van der Waals surface area contributed by atoms with Crippen molar-refractivity contribution >= 4 is 9.84 Å². The van der Waals surface area contributed by atoms with Crippen LogP contribution in [0.3, 0.4) is 0 Å². The molecule has 0 amide bonds. The molecular weight excluding hydrogens is 286 g/mol. The molecule has 118 valence electrons. The molecule has 1 fully saturated rings. The summed E-state index contributed by atoms with van der Waals surface area (Å²) in [5.41, 5.74) is 0. The van der Waals surface area contributed by atoms with E-state index in [1.165, 1.54) is 25.5 Å². The smallest absolute Gasteiger partial charge is 0.175 e. The van der Waals surface area contributed by atoms with Gasteiger partial charge in [-0.1, -0.05) is 12.5 Å². The Balaban J connectivity index is 1.90. The van der Waals surface area contributed by atoms with Crippen LogP contribution >= 0.6 is 0 Å². The number of benzene rings is 1. The maximum absolute atomic E-state index is 11.5. The molecule has 0 atom stereocenters. The van der Waals surface area contributed by atoms with Crippen LogP contribution in [0.5, 0.6) is 5.75 Å². The third-order valence-corrected chi connectivity index (χ3v) is 5.17. The van der Waals surface area contributed by atoms with E-state index in [1.54, 1.807) is 24.3 Å². The van der Waals surface area contributed by atoms with Crippen LogP contribution < -0.4 is 4.74 Å². The van der Waals surface area contributed by atoms with Gasteiger partial charge in [0.25, 0.3) is 0 Å². The summed E-state index contributed by atoms with van der Waals surface area (Å²) in [6, 6.07) is 7.92. The Morgan fingerprint density at radius 3 is 2.57 bits per heavy atom. The summed E-state index contributed by atoms with van der Waals surface area (Å²) >= 11 is 0. The van der Waals surface area contributed by atoms with Crippen molar-refractivity contribution in [2.75, 3.05) is 19.4 Å². The fourth-order valence-corrected chi connectivity index (χ4v) is 3.30. The third kappa shape index (κ3) is 4.45. The molecule has 0 unspecified atom stereocenters. The molecule has 0 aliphatic heterocycles. The zero-order valence-corrected chi connectivity index (χ0v) is 13.9. The largest absolute Gasteiger partial charge is 0.492 e. The molecule has 0 heterocycles. The van der Waals surface area contributed by atoms with Crippen LogP contribution in [0.1, 0.15) is 33.1 Å². The molecule has 21 heavy (non-hydrogen) atoms. The first-order valence-electron chi connectivity index (χ1n) is 7.56. The summed E-state index contributed by atoms with van der Waals surface area (Å²) in [7, 11) is -3.18. The first-order chi connectivity index (χ1) is 9.88. The zero-order valence-electron chi connectivity index (χ0n) is 13.1. The Kier molecular flexibility index (Phi) is 5.27. The van der Waals surface area contributed by atoms with Crippen molar-refractivity contribution in [1.29, 1.82) is 0 Å². The van der Waals surface area contributed by atoms with Gasteiger partial charge in [-0.2, -0.15) is 0 Å². The monoisotopic (exact) mass is 311 g/mol. The molecule has 0 aromatic heterocycles. The molecule has 1 aromatic rings. The first kappa shape index (κ1) is 16.3. The number of rotatable bonds is 7. The van der Waals surface area contributed by atoms with E-state index in [0.29, 0.717) is 29.3 Å². The van der Waals surface area contributed by atoms with E-state index in [0.717, 1.165) is 6.54 Å². The van der Waals surface area contributed by atoms with Crippen LogP contribution in [0.15, 0.2) is 29.2 Å². The number of sulfone groups is 1. The van der Waals surface area contributed by atoms with Crippen LogP contribution in [0.4, 0.5) is 0 Å². The predicted molar refractivity (Wildman–Crippen MR) is 84.5 cm³/mol. The lowest BCUT2D eigenvalue weighted by Crippen LogP contribution is -2.46. The van der Waals surface area contributed by atoms with E-state index in [-0.39, 0.29) is 0 Å². The van der Waals surface area contributed by atoms with Crippen LogP contribution in [0.2, 0.25) is 0 Å². The van der Waals surface area contributed by atoms with Crippen LogP contribution in [0.25, 0.3) is 0 Å². The van der Waals surface area contributed by atoms with Gasteiger partial charge in [0.15, 0.2) is 9.84 Å². The minimum absolute atomic E-state index is 0.305. The second kappa shape index (κ2) is 6.79. The molecule has 1 aromatic carbocycles. The Bertz CT molecular complexity index is 565. The van der Waals surface area contributed by atoms with Gasteiger partial charge >= 0.3 is 0 Å². The summed E-state index contributed by atoms with van der Waals surface area (Å²) in [6.45, 7) is 5.89. The molecule has 0 saturated heterocycles. The van der Waals surface area contributed by atoms with E-state index in [4.69, 9.17) is 4.74 Å². The van der Waals surface area contributed by atoms with Crippen molar-refractivity contribution in [1.82, 2.24) is 4.90 Å². The van der Waals surface area contributed by atoms with Gasteiger partial charge < -0.3 is 4.74 Å². The normalized spacial score (nSPS) is 16.2. The molecule has 1 aliphatic rings. The summed E-state index contributed by atoms with van der Waals surface area (Å²) in [4.78, 5) is 2.78. The Morgan fingerprint density at radius 2 is 2.05 bits per heavy atom. The maximum atomic E-state index is 11.5. The maximum Gasteiger partial charge on any atom is 0.175 e. The number of nitrogens with zero attached hydrogens (tertiary/aromatic N) is 1. The second-order valence-electron chi connectivity index (χ2n) is 6.01. The molecule has 0 N–H and O–H groups in total. The van der Waals surface area contributed by atoms with Gasteiger partial charge in [0.2, 0.25) is 0 Å². The highest BCUT2D eigenvalue weighted by Gasteiger charge is 2.26. The predicted octanol–water partition coefficient (Wildman–Crippen LogP) is 2.73. The first-order valence-corrected chi connectivity index (χ1v) is 9.46. The van der Waals surface area contributed by atoms with Crippen molar-refractivity contribution in [3.8, 4) is 5.75 Å². The van der Waals surface area contributed by atoms with Gasteiger partial charge in [0, 0.05) is 24.9 Å². The van der Waals surface area contributed by atoms with Gasteiger partial charge in [-0.05, 0) is 44.9 Å². The van der Waals surface area contributed by atoms with Gasteiger partial charge in [-0.25, -0.2) is 8.42 Å². The van der Waals surface area contributed by atoms with Gasteiger partial charge in [0.1, 0.15) is 12.4 Å². The topological polar surface area (TPSA) is 46.6 Å². The average Bonchev–Trinajstić information content (AvgIpc) is 2.34. The molecule has 5 heteroatoms. The lowest BCUT2D eigenvalue weighted by Gasteiger charge is -2.40. The van der Waals surface area contributed by atoms with Gasteiger partial charge in [-0.15, -0.1) is 0 Å². The van der Waals surface area contributed by atoms with Crippen LogP contribution in [-0.2, 0) is 9.84 Å². The van der Waals surface area contributed by atoms with E-state index < -0.39 is 9.84 Å². The fourth-order valence-electron chi connectivity index (χ4n) is 2.64. The van der Waals surface area contributed by atoms with Crippen molar-refractivity contribution in [2.24, 2.45) is 0 Å². The Labute approximate surface area is 128 Å². The summed E-state index contributed by atoms with van der Waals surface area (Å²) in [5, 5.41) is 0. The Hall–Kier alpha value is -1.07. The molecule has 1 saturated carbocycles. The number of hydrogen-bond acceptors (Lipinski definition) is 4. The van der Waals surface area contributed by atoms with E-state index in [1.807, 2.05) is 0 Å². The molecule has 0 bridgehead atoms. The standard InChI is InChI=1S/C16H25NO3S/c1-13(2)17(14-6-4-7-14)10-11-20-15-8-5-9-16(12-15)21(3,18)19/h5,8-9,12-14H,4,6-7,10-11H2,1-3H3. The van der Waals surface area contributed by atoms with Crippen LogP contribution in [-0.4, -0.2) is 44.8 Å². The summed E-state index contributed by atoms with van der Waals surface area (Å²) in [5.74, 6) is 0.621. The van der Waals surface area contributed by atoms with Crippen LogP contribution in [0, 0.1) is 0 Å². The average molecular weight is 311 g/mol. The highest BCUT2D eigenvalue weighted by molar-refractivity contribution is 7.90. The molecular formula is C16H25NO3S. The summed E-state index contributed by atoms with van der Waals surface area (Å²) in [6.07, 6.45) is 5.10. The second-order valence-corrected chi connectivity index (χ2v) is 8.03.